The summed E-state index contributed by atoms with van der Waals surface area (Å²) in [6, 6.07) is 3.89. The number of aliphatic hydroxyl groups excluding tert-OH is 1. The van der Waals surface area contributed by atoms with E-state index in [0.717, 1.165) is 10.4 Å². The van der Waals surface area contributed by atoms with Gasteiger partial charge in [-0.2, -0.15) is 4.31 Å². The van der Waals surface area contributed by atoms with Crippen molar-refractivity contribution in [3.63, 3.8) is 0 Å². The van der Waals surface area contributed by atoms with Crippen LogP contribution in [0, 0.1) is 3.57 Å². The summed E-state index contributed by atoms with van der Waals surface area (Å²) in [4.78, 5) is 10.9. The number of carbonyl (C=O) groups is 1. The van der Waals surface area contributed by atoms with Crippen molar-refractivity contribution in [3.8, 4) is 0 Å². The minimum absolute atomic E-state index is 0.0390. The molecule has 0 atom stereocenters. The number of rotatable bonds is 7. The predicted molar refractivity (Wildman–Crippen MR) is 82.2 cm³/mol. The van der Waals surface area contributed by atoms with Gasteiger partial charge in [-0.1, -0.05) is 6.08 Å². The van der Waals surface area contributed by atoms with Gasteiger partial charge in [0, 0.05) is 16.7 Å². The van der Waals surface area contributed by atoms with Crippen LogP contribution < -0.4 is 0 Å². The molecule has 1 aromatic carbocycles. The van der Waals surface area contributed by atoms with Crippen LogP contribution in [0.5, 0.6) is 0 Å². The van der Waals surface area contributed by atoms with Crippen molar-refractivity contribution < 1.29 is 23.4 Å². The maximum Gasteiger partial charge on any atom is 0.336 e. The molecule has 0 aliphatic carbocycles. The largest absolute Gasteiger partial charge is 0.478 e. The van der Waals surface area contributed by atoms with Gasteiger partial charge in [0.25, 0.3) is 0 Å². The van der Waals surface area contributed by atoms with Crippen molar-refractivity contribution in [3.05, 3.63) is 40.0 Å². The molecular formula is C12H14INO5S. The average molecular weight is 411 g/mol. The Bertz CT molecular complexity index is 614. The second kappa shape index (κ2) is 7.16. The number of nitrogens with zero attached hydrogens (tertiary/aromatic N) is 1. The lowest BCUT2D eigenvalue weighted by Gasteiger charge is -2.20. The molecule has 0 saturated heterocycles. The molecule has 2 N–H and O–H groups in total. The summed E-state index contributed by atoms with van der Waals surface area (Å²) >= 11 is 1.83. The molecule has 0 amide bonds. The van der Waals surface area contributed by atoms with Gasteiger partial charge in [-0.25, -0.2) is 13.2 Å². The Balaban J connectivity index is 3.30. The van der Waals surface area contributed by atoms with Crippen molar-refractivity contribution in [2.75, 3.05) is 19.7 Å². The van der Waals surface area contributed by atoms with Crippen LogP contribution in [0.3, 0.4) is 0 Å². The van der Waals surface area contributed by atoms with Crippen LogP contribution in [0.25, 0.3) is 0 Å². The fourth-order valence-electron chi connectivity index (χ4n) is 1.54. The van der Waals surface area contributed by atoms with Gasteiger partial charge in [0.15, 0.2) is 0 Å². The molecule has 0 heterocycles. The lowest BCUT2D eigenvalue weighted by Crippen LogP contribution is -2.33. The van der Waals surface area contributed by atoms with E-state index < -0.39 is 16.0 Å². The van der Waals surface area contributed by atoms with Crippen LogP contribution in [-0.2, 0) is 10.0 Å². The van der Waals surface area contributed by atoms with Crippen LogP contribution in [-0.4, -0.2) is 48.6 Å². The third-order valence-electron chi connectivity index (χ3n) is 2.49. The summed E-state index contributed by atoms with van der Waals surface area (Å²) in [7, 11) is -3.86. The molecule has 0 saturated carbocycles. The van der Waals surface area contributed by atoms with Crippen LogP contribution >= 0.6 is 22.6 Å². The van der Waals surface area contributed by atoms with E-state index >= 15 is 0 Å². The first-order valence-corrected chi connectivity index (χ1v) is 8.11. The van der Waals surface area contributed by atoms with Crippen LogP contribution in [0.15, 0.2) is 35.7 Å². The van der Waals surface area contributed by atoms with Gasteiger partial charge in [-0.05, 0) is 40.8 Å². The molecule has 6 nitrogen and oxygen atoms in total. The molecule has 0 fully saturated rings. The van der Waals surface area contributed by atoms with Crippen LogP contribution in [0.4, 0.5) is 0 Å². The second-order valence-corrected chi connectivity index (χ2v) is 6.92. The first-order chi connectivity index (χ1) is 9.34. The second-order valence-electron chi connectivity index (χ2n) is 3.82. The fraction of sp³-hybridized carbons (Fsp3) is 0.250. The summed E-state index contributed by atoms with van der Waals surface area (Å²) in [6.07, 6.45) is 1.40. The minimum atomic E-state index is -3.86. The van der Waals surface area contributed by atoms with Gasteiger partial charge in [0.2, 0.25) is 10.0 Å². The Labute approximate surface area is 130 Å². The molecule has 0 aliphatic rings. The highest BCUT2D eigenvalue weighted by atomic mass is 127. The monoisotopic (exact) mass is 411 g/mol. The molecule has 0 aromatic heterocycles. The molecule has 0 radical (unpaired) electrons. The number of halogens is 1. The predicted octanol–water partition coefficient (Wildman–Crippen LogP) is 1.16. The molecule has 1 rings (SSSR count). The molecule has 20 heavy (non-hydrogen) atoms. The van der Waals surface area contributed by atoms with Crippen molar-refractivity contribution >= 4 is 38.6 Å². The number of carboxylic acid groups (broad SMARTS) is 1. The number of aromatic carboxylic acids is 1. The zero-order valence-electron chi connectivity index (χ0n) is 10.5. The van der Waals surface area contributed by atoms with Crippen LogP contribution in [0.1, 0.15) is 10.4 Å². The summed E-state index contributed by atoms with van der Waals surface area (Å²) in [6.45, 7) is 3.09. The summed E-state index contributed by atoms with van der Waals surface area (Å²) < 4.78 is 26.2. The summed E-state index contributed by atoms with van der Waals surface area (Å²) in [5.74, 6) is -1.19. The van der Waals surface area contributed by atoms with E-state index in [2.05, 4.69) is 6.58 Å². The lowest BCUT2D eigenvalue weighted by atomic mass is 10.2. The molecule has 0 spiro atoms. The van der Waals surface area contributed by atoms with E-state index in [1.54, 1.807) is 0 Å². The third kappa shape index (κ3) is 3.78. The molecule has 8 heteroatoms. The zero-order valence-corrected chi connectivity index (χ0v) is 13.5. The normalized spacial score (nSPS) is 11.6. The Morgan fingerprint density at radius 3 is 2.60 bits per heavy atom. The minimum Gasteiger partial charge on any atom is -0.478 e. The first-order valence-electron chi connectivity index (χ1n) is 5.59. The zero-order chi connectivity index (χ0) is 15.3. The molecule has 0 bridgehead atoms. The lowest BCUT2D eigenvalue weighted by molar-refractivity contribution is 0.0695. The maximum atomic E-state index is 12.4. The molecular weight excluding hydrogens is 397 g/mol. The Hall–Kier alpha value is -0.970. The van der Waals surface area contributed by atoms with Gasteiger partial charge >= 0.3 is 5.97 Å². The highest BCUT2D eigenvalue weighted by Gasteiger charge is 2.24. The number of hydrogen-bond acceptors (Lipinski definition) is 4. The van der Waals surface area contributed by atoms with E-state index in [0.29, 0.717) is 3.57 Å². The first kappa shape index (κ1) is 17.1. The highest BCUT2D eigenvalue weighted by molar-refractivity contribution is 14.1. The molecule has 0 aliphatic heterocycles. The van der Waals surface area contributed by atoms with Gasteiger partial charge in [-0.15, -0.1) is 6.58 Å². The SMILES string of the molecule is C=CCN(CCO)S(=O)(=O)c1ccc(I)c(C(=O)O)c1. The third-order valence-corrected chi connectivity index (χ3v) is 5.29. The molecule has 1 aromatic rings. The van der Waals surface area contributed by atoms with Gasteiger partial charge < -0.3 is 10.2 Å². The van der Waals surface area contributed by atoms with E-state index in [-0.39, 0.29) is 30.2 Å². The average Bonchev–Trinajstić information content (AvgIpc) is 2.38. The van der Waals surface area contributed by atoms with Gasteiger partial charge in [0.05, 0.1) is 17.1 Å². The van der Waals surface area contributed by atoms with E-state index in [9.17, 15) is 13.2 Å². The standard InChI is InChI=1S/C12H14INO5S/c1-2-5-14(6-7-15)20(18,19)9-3-4-11(13)10(8-9)12(16)17/h2-4,8,15H,1,5-7H2,(H,16,17). The topological polar surface area (TPSA) is 94.9 Å². The van der Waals surface area contributed by atoms with Crippen molar-refractivity contribution in [2.24, 2.45) is 0 Å². The van der Waals surface area contributed by atoms with E-state index in [1.165, 1.54) is 18.2 Å². The molecule has 0 unspecified atom stereocenters. The molecule has 110 valence electrons. The number of hydrogen-bond donors (Lipinski definition) is 2. The fourth-order valence-corrected chi connectivity index (χ4v) is 3.54. The summed E-state index contributed by atoms with van der Waals surface area (Å²) in [5, 5.41) is 18.0. The smallest absolute Gasteiger partial charge is 0.336 e. The van der Waals surface area contributed by atoms with Crippen molar-refractivity contribution in [1.82, 2.24) is 4.31 Å². The number of benzene rings is 1. The number of carboxylic acids is 1. The highest BCUT2D eigenvalue weighted by Crippen LogP contribution is 2.21. The van der Waals surface area contributed by atoms with Gasteiger partial charge in [-0.3, -0.25) is 0 Å². The van der Waals surface area contributed by atoms with E-state index in [4.69, 9.17) is 10.2 Å². The van der Waals surface area contributed by atoms with Crippen molar-refractivity contribution in [2.45, 2.75) is 4.90 Å². The maximum absolute atomic E-state index is 12.4. The van der Waals surface area contributed by atoms with E-state index in [1.807, 2.05) is 22.6 Å². The Kier molecular flexibility index (Phi) is 6.11. The number of aliphatic hydroxyl groups is 1. The number of sulfonamides is 1. The Morgan fingerprint density at radius 2 is 2.10 bits per heavy atom. The van der Waals surface area contributed by atoms with Crippen LogP contribution in [0.2, 0.25) is 0 Å². The van der Waals surface area contributed by atoms with Gasteiger partial charge in [0.1, 0.15) is 0 Å². The quantitative estimate of drug-likeness (QED) is 0.519. The summed E-state index contributed by atoms with van der Waals surface area (Å²) in [5.41, 5.74) is -0.0748. The van der Waals surface area contributed by atoms with Crippen molar-refractivity contribution in [1.29, 1.82) is 0 Å². The Morgan fingerprint density at radius 1 is 1.45 bits per heavy atom.